The summed E-state index contributed by atoms with van der Waals surface area (Å²) in [6.45, 7) is 0.652. The van der Waals surface area contributed by atoms with Gasteiger partial charge in [-0.25, -0.2) is 26.8 Å². The number of benzene rings is 2. The summed E-state index contributed by atoms with van der Waals surface area (Å²) in [5, 5.41) is 7.25. The molecule has 4 aromatic rings. The van der Waals surface area contributed by atoms with E-state index in [9.17, 15) is 22.4 Å². The van der Waals surface area contributed by atoms with Crippen molar-refractivity contribution >= 4 is 27.0 Å². The average molecular weight is 499 g/mol. The Morgan fingerprint density at radius 2 is 1.89 bits per heavy atom. The fourth-order valence-electron chi connectivity index (χ4n) is 3.47. The van der Waals surface area contributed by atoms with Crippen LogP contribution in [0.5, 0.6) is 0 Å². The molecule has 0 saturated heterocycles. The lowest BCUT2D eigenvalue weighted by Gasteiger charge is -2.11. The Hall–Kier alpha value is -3.90. The highest BCUT2D eigenvalue weighted by Gasteiger charge is 2.17. The number of amides is 1. The Kier molecular flexibility index (Phi) is 6.76. The van der Waals surface area contributed by atoms with Crippen molar-refractivity contribution < 1.29 is 17.6 Å². The zero-order chi connectivity index (χ0) is 25.2. The Bertz CT molecular complexity index is 1540. The van der Waals surface area contributed by atoms with E-state index in [-0.39, 0.29) is 41.8 Å². The minimum atomic E-state index is -3.57. The second-order valence-electron chi connectivity index (χ2n) is 7.98. The van der Waals surface area contributed by atoms with E-state index < -0.39 is 10.0 Å². The van der Waals surface area contributed by atoms with Crippen LogP contribution in [-0.4, -0.2) is 58.6 Å². The van der Waals surface area contributed by atoms with Gasteiger partial charge in [-0.3, -0.25) is 14.2 Å². The van der Waals surface area contributed by atoms with Crippen LogP contribution >= 0.6 is 0 Å². The molecule has 0 unspecified atom stereocenters. The van der Waals surface area contributed by atoms with Crippen molar-refractivity contribution in [1.82, 2.24) is 29.0 Å². The molecule has 182 valence electrons. The lowest BCUT2D eigenvalue weighted by Crippen LogP contribution is -2.28. The monoisotopic (exact) mass is 498 g/mol. The molecule has 0 bridgehead atoms. The summed E-state index contributed by atoms with van der Waals surface area (Å²) in [4.78, 5) is 29.6. The first-order valence-electron chi connectivity index (χ1n) is 10.6. The maximum atomic E-state index is 13.4. The molecule has 0 fully saturated rings. The lowest BCUT2D eigenvalue weighted by atomic mass is 10.2. The SMILES string of the molecule is CN(C)S(=O)(=O)c1ccc(C(=O)NCCn2ncc3c(=O)n(Cc4cccc(F)c4)cnc32)cc1. The largest absolute Gasteiger partial charge is 0.350 e. The third-order valence-electron chi connectivity index (χ3n) is 5.37. The van der Waals surface area contributed by atoms with E-state index in [0.717, 1.165) is 4.31 Å². The highest BCUT2D eigenvalue weighted by molar-refractivity contribution is 7.89. The van der Waals surface area contributed by atoms with E-state index >= 15 is 0 Å². The van der Waals surface area contributed by atoms with Crippen LogP contribution in [0.1, 0.15) is 15.9 Å². The van der Waals surface area contributed by atoms with Crippen LogP contribution in [-0.2, 0) is 23.1 Å². The highest BCUT2D eigenvalue weighted by Crippen LogP contribution is 2.14. The number of hydrogen-bond donors (Lipinski definition) is 1. The van der Waals surface area contributed by atoms with Gasteiger partial charge in [0.1, 0.15) is 17.5 Å². The molecule has 2 heterocycles. The fraction of sp³-hybridized carbons (Fsp3) is 0.217. The van der Waals surface area contributed by atoms with Crippen LogP contribution in [0, 0.1) is 5.82 Å². The number of nitrogens with one attached hydrogen (secondary N) is 1. The summed E-state index contributed by atoms with van der Waals surface area (Å²) in [5.41, 5.74) is 1.02. The maximum absolute atomic E-state index is 13.4. The van der Waals surface area contributed by atoms with Crippen molar-refractivity contribution in [2.24, 2.45) is 0 Å². The quantitative estimate of drug-likeness (QED) is 0.393. The van der Waals surface area contributed by atoms with Crippen molar-refractivity contribution in [2.75, 3.05) is 20.6 Å². The Morgan fingerprint density at radius 3 is 2.57 bits per heavy atom. The van der Waals surface area contributed by atoms with Crippen molar-refractivity contribution in [3.8, 4) is 0 Å². The molecular formula is C23H23FN6O4S. The van der Waals surface area contributed by atoms with Crippen molar-refractivity contribution in [2.45, 2.75) is 18.0 Å². The molecule has 0 radical (unpaired) electrons. The van der Waals surface area contributed by atoms with Crippen LogP contribution in [0.2, 0.25) is 0 Å². The van der Waals surface area contributed by atoms with Crippen LogP contribution in [0.3, 0.4) is 0 Å². The molecule has 1 amide bonds. The third-order valence-corrected chi connectivity index (χ3v) is 7.20. The zero-order valence-electron chi connectivity index (χ0n) is 19.1. The predicted molar refractivity (Wildman–Crippen MR) is 127 cm³/mol. The summed E-state index contributed by atoms with van der Waals surface area (Å²) < 4.78 is 41.7. The Labute approximate surface area is 200 Å². The van der Waals surface area contributed by atoms with Crippen molar-refractivity contribution in [3.05, 3.63) is 88.4 Å². The molecule has 0 aliphatic rings. The number of sulfonamides is 1. The molecular weight excluding hydrogens is 475 g/mol. The van der Waals surface area contributed by atoms with Gasteiger partial charge in [0.15, 0.2) is 5.65 Å². The molecule has 2 aromatic heterocycles. The smallest absolute Gasteiger partial charge is 0.264 e. The number of nitrogens with zero attached hydrogens (tertiary/aromatic N) is 5. The molecule has 0 atom stereocenters. The van der Waals surface area contributed by atoms with Gasteiger partial charge >= 0.3 is 0 Å². The summed E-state index contributed by atoms with van der Waals surface area (Å²) in [6, 6.07) is 11.6. The number of aromatic nitrogens is 4. The van der Waals surface area contributed by atoms with Gasteiger partial charge in [0.05, 0.1) is 24.2 Å². The minimum absolute atomic E-state index is 0.0937. The number of fused-ring (bicyclic) bond motifs is 1. The van der Waals surface area contributed by atoms with E-state index in [2.05, 4.69) is 15.4 Å². The van der Waals surface area contributed by atoms with Gasteiger partial charge in [0, 0.05) is 26.2 Å². The predicted octanol–water partition coefficient (Wildman–Crippen LogP) is 1.46. The standard InChI is InChI=1S/C23H23FN6O4S/c1-28(2)35(33,34)19-8-6-17(7-9-19)22(31)25-10-11-30-21-20(13-27-30)23(32)29(15-26-21)14-16-4-3-5-18(24)12-16/h3-9,12-13,15H,10-11,14H2,1-2H3,(H,25,31). The molecule has 0 aliphatic heterocycles. The van der Waals surface area contributed by atoms with E-state index in [1.165, 1.54) is 72.3 Å². The zero-order valence-corrected chi connectivity index (χ0v) is 19.9. The molecule has 0 saturated carbocycles. The summed E-state index contributed by atoms with van der Waals surface area (Å²) >= 11 is 0. The van der Waals surface area contributed by atoms with E-state index in [4.69, 9.17) is 0 Å². The highest BCUT2D eigenvalue weighted by atomic mass is 32.2. The topological polar surface area (TPSA) is 119 Å². The molecule has 1 N–H and O–H groups in total. The number of hydrogen-bond acceptors (Lipinski definition) is 6. The van der Waals surface area contributed by atoms with Crippen LogP contribution in [0.4, 0.5) is 4.39 Å². The summed E-state index contributed by atoms with van der Waals surface area (Å²) in [6.07, 6.45) is 2.80. The van der Waals surface area contributed by atoms with Gasteiger partial charge in [-0.05, 0) is 42.0 Å². The van der Waals surface area contributed by atoms with Crippen LogP contribution in [0.25, 0.3) is 11.0 Å². The second kappa shape index (κ2) is 9.76. The first kappa shape index (κ1) is 24.2. The maximum Gasteiger partial charge on any atom is 0.264 e. The van der Waals surface area contributed by atoms with Crippen LogP contribution < -0.4 is 10.9 Å². The van der Waals surface area contributed by atoms with Gasteiger partial charge in [-0.15, -0.1) is 0 Å². The van der Waals surface area contributed by atoms with Gasteiger partial charge in [-0.2, -0.15) is 5.10 Å². The molecule has 12 heteroatoms. The molecule has 10 nitrogen and oxygen atoms in total. The van der Waals surface area contributed by atoms with E-state index in [1.54, 1.807) is 12.1 Å². The van der Waals surface area contributed by atoms with E-state index in [0.29, 0.717) is 22.2 Å². The first-order valence-corrected chi connectivity index (χ1v) is 12.1. The first-order chi connectivity index (χ1) is 16.7. The molecule has 0 aliphatic carbocycles. The van der Waals surface area contributed by atoms with Gasteiger partial charge in [0.2, 0.25) is 10.0 Å². The van der Waals surface area contributed by atoms with Crippen molar-refractivity contribution in [1.29, 1.82) is 0 Å². The molecule has 2 aromatic carbocycles. The summed E-state index contributed by atoms with van der Waals surface area (Å²) in [5.74, 6) is -0.755. The normalized spacial score (nSPS) is 11.8. The van der Waals surface area contributed by atoms with Crippen LogP contribution in [0.15, 0.2) is 70.7 Å². The average Bonchev–Trinajstić information content (AvgIpc) is 3.24. The number of rotatable bonds is 8. The second-order valence-corrected chi connectivity index (χ2v) is 10.1. The Balaban J connectivity index is 1.41. The summed E-state index contributed by atoms with van der Waals surface area (Å²) in [7, 11) is -0.706. The Morgan fingerprint density at radius 1 is 1.14 bits per heavy atom. The fourth-order valence-corrected chi connectivity index (χ4v) is 4.37. The van der Waals surface area contributed by atoms with Gasteiger partial charge in [-0.1, -0.05) is 12.1 Å². The molecule has 35 heavy (non-hydrogen) atoms. The van der Waals surface area contributed by atoms with Gasteiger partial charge < -0.3 is 5.32 Å². The van der Waals surface area contributed by atoms with Gasteiger partial charge in [0.25, 0.3) is 11.5 Å². The minimum Gasteiger partial charge on any atom is -0.350 e. The number of halogens is 1. The molecule has 0 spiro atoms. The number of carbonyl (C=O) groups excluding carboxylic acids is 1. The third kappa shape index (κ3) is 5.12. The van der Waals surface area contributed by atoms with Crippen molar-refractivity contribution in [3.63, 3.8) is 0 Å². The molecule has 4 rings (SSSR count). The van der Waals surface area contributed by atoms with E-state index in [1.807, 2.05) is 0 Å². The number of carbonyl (C=O) groups is 1. The lowest BCUT2D eigenvalue weighted by molar-refractivity contribution is 0.0952.